The fraction of sp³-hybridized carbons (Fsp3) is 0.429. The molecule has 0 spiro atoms. The third-order valence-electron chi connectivity index (χ3n) is 7.13. The lowest BCUT2D eigenvalue weighted by atomic mass is 9.95. The van der Waals surface area contributed by atoms with Crippen LogP contribution >= 0.6 is 0 Å². The van der Waals surface area contributed by atoms with E-state index < -0.39 is 0 Å². The molecule has 180 valence electrons. The number of fused-ring (bicyclic) bond motifs is 1. The maximum atomic E-state index is 13.3. The van der Waals surface area contributed by atoms with E-state index in [1.54, 1.807) is 18.2 Å². The molecule has 0 saturated carbocycles. The zero-order valence-corrected chi connectivity index (χ0v) is 20.5. The van der Waals surface area contributed by atoms with Crippen LogP contribution in [0.15, 0.2) is 49.1 Å². The van der Waals surface area contributed by atoms with Crippen molar-refractivity contribution in [2.75, 3.05) is 31.6 Å². The summed E-state index contributed by atoms with van der Waals surface area (Å²) in [6, 6.07) is 11.5. The minimum absolute atomic E-state index is 0.0349. The Morgan fingerprint density at radius 3 is 2.50 bits per heavy atom. The zero-order valence-electron chi connectivity index (χ0n) is 20.5. The number of phenols is 1. The van der Waals surface area contributed by atoms with Gasteiger partial charge in [0.1, 0.15) is 5.75 Å². The predicted octanol–water partition coefficient (Wildman–Crippen LogP) is 4.33. The van der Waals surface area contributed by atoms with E-state index in [2.05, 4.69) is 30.7 Å². The maximum Gasteiger partial charge on any atom is 0.254 e. The Morgan fingerprint density at radius 1 is 1.09 bits per heavy atom. The number of hydrogen-bond donors (Lipinski definition) is 1. The van der Waals surface area contributed by atoms with Gasteiger partial charge in [0.25, 0.3) is 11.8 Å². The largest absolute Gasteiger partial charge is 0.508 e. The molecule has 0 atom stereocenters. The lowest BCUT2D eigenvalue weighted by molar-refractivity contribution is -0.114. The van der Waals surface area contributed by atoms with Gasteiger partial charge in [-0.2, -0.15) is 0 Å². The summed E-state index contributed by atoms with van der Waals surface area (Å²) in [4.78, 5) is 32.2. The van der Waals surface area contributed by atoms with Gasteiger partial charge in [-0.3, -0.25) is 9.59 Å². The molecule has 2 aromatic carbocycles. The second-order valence-corrected chi connectivity index (χ2v) is 9.80. The number of anilines is 1. The summed E-state index contributed by atoms with van der Waals surface area (Å²) in [7, 11) is 2.11. The highest BCUT2D eigenvalue weighted by Gasteiger charge is 2.29. The first-order valence-corrected chi connectivity index (χ1v) is 12.2. The minimum atomic E-state index is -0.0800. The number of aromatic hydroxyl groups is 1. The van der Waals surface area contributed by atoms with E-state index in [1.807, 2.05) is 29.7 Å². The molecule has 2 amide bonds. The van der Waals surface area contributed by atoms with Crippen LogP contribution in [-0.4, -0.2) is 59.4 Å². The summed E-state index contributed by atoms with van der Waals surface area (Å²) in [6.07, 6.45) is 4.03. The van der Waals surface area contributed by atoms with E-state index in [-0.39, 0.29) is 29.5 Å². The van der Waals surface area contributed by atoms with Crippen LogP contribution in [-0.2, 0) is 17.8 Å². The molecule has 1 fully saturated rings. The summed E-state index contributed by atoms with van der Waals surface area (Å²) in [5.74, 6) is 0.238. The molecule has 0 aliphatic carbocycles. The van der Waals surface area contributed by atoms with Gasteiger partial charge in [-0.1, -0.05) is 26.5 Å². The molecule has 0 radical (unpaired) electrons. The van der Waals surface area contributed by atoms with E-state index >= 15 is 0 Å². The third kappa shape index (κ3) is 4.87. The van der Waals surface area contributed by atoms with Crippen molar-refractivity contribution >= 4 is 17.5 Å². The molecular weight excluding hydrogens is 426 g/mol. The Bertz CT molecular complexity index is 1090. The van der Waals surface area contributed by atoms with Gasteiger partial charge in [-0.25, -0.2) is 0 Å². The molecular formula is C28H35N3O3. The highest BCUT2D eigenvalue weighted by Crippen LogP contribution is 2.31. The second kappa shape index (κ2) is 10.0. The molecule has 1 saturated heterocycles. The number of amides is 2. The monoisotopic (exact) mass is 461 g/mol. The average Bonchev–Trinajstić information content (AvgIpc) is 2.84. The van der Waals surface area contributed by atoms with Crippen molar-refractivity contribution < 1.29 is 14.7 Å². The third-order valence-corrected chi connectivity index (χ3v) is 7.13. The number of piperidine rings is 1. The molecule has 2 aliphatic heterocycles. The standard InChI is InChI=1S/C28H35N3O3/c1-5-27(33)31(23-11-13-29(4)14-12-23)24-8-6-20-10-15-30(18-22(20)16-24)28(34)21-7-9-26(32)25(17-21)19(2)3/h5-9,16-17,19,23,32H,1,10-15,18H2,2-4H3. The molecule has 2 aliphatic rings. The SMILES string of the molecule is C=CC(=O)N(c1ccc2c(c1)CN(C(=O)c1ccc(O)c(C(C)C)c1)CC2)C1CCN(C)CC1. The first kappa shape index (κ1) is 24.0. The maximum absolute atomic E-state index is 13.3. The average molecular weight is 462 g/mol. The van der Waals surface area contributed by atoms with Crippen LogP contribution < -0.4 is 4.90 Å². The van der Waals surface area contributed by atoms with Crippen molar-refractivity contribution in [1.82, 2.24) is 9.80 Å². The molecule has 4 rings (SSSR count). The second-order valence-electron chi connectivity index (χ2n) is 9.80. The fourth-order valence-electron chi connectivity index (χ4n) is 5.07. The van der Waals surface area contributed by atoms with Crippen LogP contribution in [0.2, 0.25) is 0 Å². The van der Waals surface area contributed by atoms with E-state index in [9.17, 15) is 14.7 Å². The lowest BCUT2D eigenvalue weighted by Crippen LogP contribution is -2.46. The van der Waals surface area contributed by atoms with Crippen LogP contribution in [0.3, 0.4) is 0 Å². The molecule has 34 heavy (non-hydrogen) atoms. The molecule has 6 nitrogen and oxygen atoms in total. The highest BCUT2D eigenvalue weighted by atomic mass is 16.3. The Morgan fingerprint density at radius 2 is 1.82 bits per heavy atom. The number of carbonyl (C=O) groups is 2. The first-order chi connectivity index (χ1) is 16.3. The topological polar surface area (TPSA) is 64.1 Å². The van der Waals surface area contributed by atoms with Gasteiger partial charge in [-0.05, 0) is 98.4 Å². The van der Waals surface area contributed by atoms with Gasteiger partial charge in [0.05, 0.1) is 0 Å². The summed E-state index contributed by atoms with van der Waals surface area (Å²) in [6.45, 7) is 10.8. The number of phenolic OH excluding ortho intramolecular Hbond substituents is 1. The molecule has 0 aromatic heterocycles. The van der Waals surface area contributed by atoms with Crippen molar-refractivity contribution in [2.24, 2.45) is 0 Å². The predicted molar refractivity (Wildman–Crippen MR) is 135 cm³/mol. The van der Waals surface area contributed by atoms with E-state index in [1.165, 1.54) is 11.6 Å². The fourth-order valence-corrected chi connectivity index (χ4v) is 5.07. The lowest BCUT2D eigenvalue weighted by Gasteiger charge is -2.37. The molecule has 2 aromatic rings. The van der Waals surface area contributed by atoms with Crippen LogP contribution in [0.25, 0.3) is 0 Å². The molecule has 2 heterocycles. The van der Waals surface area contributed by atoms with Gasteiger partial charge < -0.3 is 19.8 Å². The quantitative estimate of drug-likeness (QED) is 0.674. The Kier molecular flexibility index (Phi) is 7.08. The molecule has 0 unspecified atom stereocenters. The zero-order chi connectivity index (χ0) is 24.4. The van der Waals surface area contributed by atoms with Crippen molar-refractivity contribution in [1.29, 1.82) is 0 Å². The minimum Gasteiger partial charge on any atom is -0.508 e. The van der Waals surface area contributed by atoms with E-state index in [4.69, 9.17) is 0 Å². The number of nitrogens with zero attached hydrogens (tertiary/aromatic N) is 3. The van der Waals surface area contributed by atoms with Crippen molar-refractivity contribution in [2.45, 2.75) is 51.6 Å². The molecule has 0 bridgehead atoms. The normalized spacial score (nSPS) is 16.9. The number of carbonyl (C=O) groups excluding carboxylic acids is 2. The molecule has 6 heteroatoms. The summed E-state index contributed by atoms with van der Waals surface area (Å²) >= 11 is 0. The van der Waals surface area contributed by atoms with Gasteiger partial charge in [0.15, 0.2) is 0 Å². The van der Waals surface area contributed by atoms with Gasteiger partial charge in [0, 0.05) is 30.4 Å². The number of likely N-dealkylation sites (tertiary alicyclic amines) is 1. The van der Waals surface area contributed by atoms with Crippen molar-refractivity contribution in [3.05, 3.63) is 71.3 Å². The van der Waals surface area contributed by atoms with Crippen LogP contribution in [0.5, 0.6) is 5.75 Å². The molecule has 1 N–H and O–H groups in total. The van der Waals surface area contributed by atoms with Gasteiger partial charge in [-0.15, -0.1) is 0 Å². The van der Waals surface area contributed by atoms with Crippen LogP contribution in [0, 0.1) is 0 Å². The van der Waals surface area contributed by atoms with Gasteiger partial charge in [0.2, 0.25) is 0 Å². The Hall–Kier alpha value is -3.12. The summed E-state index contributed by atoms with van der Waals surface area (Å²) < 4.78 is 0. The van der Waals surface area contributed by atoms with E-state index in [0.29, 0.717) is 18.7 Å². The highest BCUT2D eigenvalue weighted by molar-refractivity contribution is 6.01. The number of rotatable bonds is 5. The van der Waals surface area contributed by atoms with Gasteiger partial charge >= 0.3 is 0 Å². The van der Waals surface area contributed by atoms with E-state index in [0.717, 1.165) is 49.2 Å². The number of benzene rings is 2. The van der Waals surface area contributed by atoms with Crippen LogP contribution in [0.4, 0.5) is 5.69 Å². The smallest absolute Gasteiger partial charge is 0.254 e. The summed E-state index contributed by atoms with van der Waals surface area (Å²) in [5, 5.41) is 10.1. The number of hydrogen-bond acceptors (Lipinski definition) is 4. The Labute approximate surface area is 202 Å². The summed E-state index contributed by atoms with van der Waals surface area (Å²) in [5.41, 5.74) is 4.54. The Balaban J connectivity index is 1.58. The van der Waals surface area contributed by atoms with Crippen molar-refractivity contribution in [3.63, 3.8) is 0 Å². The van der Waals surface area contributed by atoms with Crippen molar-refractivity contribution in [3.8, 4) is 5.75 Å². The first-order valence-electron chi connectivity index (χ1n) is 12.2. The van der Waals surface area contributed by atoms with Crippen LogP contribution in [0.1, 0.15) is 59.7 Å².